The summed E-state index contributed by atoms with van der Waals surface area (Å²) in [7, 11) is 0. The number of amides is 1. The van der Waals surface area contributed by atoms with Gasteiger partial charge in [0.1, 0.15) is 17.2 Å². The molecule has 0 N–H and O–H groups in total. The van der Waals surface area contributed by atoms with Crippen LogP contribution in [0, 0.1) is 17.6 Å². The third-order valence-corrected chi connectivity index (χ3v) is 4.18. The number of hydrogen-bond acceptors (Lipinski definition) is 3. The maximum atomic E-state index is 13.8. The largest absolute Gasteiger partial charge is 0.444 e. The first-order valence-electron chi connectivity index (χ1n) is 8.08. The molecule has 0 aliphatic carbocycles. The lowest BCUT2D eigenvalue weighted by atomic mass is 10.1. The first kappa shape index (κ1) is 16.7. The van der Waals surface area contributed by atoms with E-state index < -0.39 is 17.2 Å². The van der Waals surface area contributed by atoms with Crippen molar-refractivity contribution in [3.05, 3.63) is 47.2 Å². The summed E-state index contributed by atoms with van der Waals surface area (Å²) in [5.74, 6) is -0.845. The Kier molecular flexibility index (Phi) is 4.24. The first-order valence-corrected chi connectivity index (χ1v) is 8.08. The second kappa shape index (κ2) is 6.07. The minimum atomic E-state index is -0.569. The number of ether oxygens (including phenoxy) is 1. The smallest absolute Gasteiger partial charge is 0.410 e. The summed E-state index contributed by atoms with van der Waals surface area (Å²) < 4.78 is 32.1. The topological polar surface area (TPSA) is 32.8 Å². The highest BCUT2D eigenvalue weighted by Crippen LogP contribution is 2.31. The average Bonchev–Trinajstić information content (AvgIpc) is 2.98. The van der Waals surface area contributed by atoms with Crippen molar-refractivity contribution in [1.29, 1.82) is 0 Å². The van der Waals surface area contributed by atoms with Crippen LogP contribution in [0.4, 0.5) is 13.6 Å². The highest BCUT2D eigenvalue weighted by Gasteiger charge is 2.37. The number of nitrogens with zero attached hydrogens (tertiary/aromatic N) is 2. The zero-order valence-corrected chi connectivity index (χ0v) is 14.2. The predicted octanol–water partition coefficient (Wildman–Crippen LogP) is 3.53. The highest BCUT2D eigenvalue weighted by molar-refractivity contribution is 5.69. The van der Waals surface area contributed by atoms with Gasteiger partial charge in [0.2, 0.25) is 0 Å². The Balaban J connectivity index is 1.61. The van der Waals surface area contributed by atoms with Crippen LogP contribution in [0.25, 0.3) is 0 Å². The highest BCUT2D eigenvalue weighted by atomic mass is 19.1. The van der Waals surface area contributed by atoms with Crippen molar-refractivity contribution in [2.45, 2.75) is 32.9 Å². The Hall–Kier alpha value is -2.11. The summed E-state index contributed by atoms with van der Waals surface area (Å²) >= 11 is 0. The van der Waals surface area contributed by atoms with Gasteiger partial charge in [-0.25, -0.2) is 13.6 Å². The quantitative estimate of drug-likeness (QED) is 0.828. The monoisotopic (exact) mass is 336 g/mol. The van der Waals surface area contributed by atoms with Crippen LogP contribution in [0.3, 0.4) is 0 Å². The number of rotatable bonds is 2. The van der Waals surface area contributed by atoms with E-state index in [9.17, 15) is 13.6 Å². The molecule has 130 valence electrons. The number of fused-ring (bicyclic) bond motifs is 1. The summed E-state index contributed by atoms with van der Waals surface area (Å²) in [6.45, 7) is 7.83. The van der Waals surface area contributed by atoms with E-state index in [0.717, 1.165) is 18.2 Å². The number of likely N-dealkylation sites (tertiary alicyclic amines) is 1. The molecular formula is C18H22F2N2O2. The van der Waals surface area contributed by atoms with Crippen LogP contribution in [0.15, 0.2) is 30.0 Å². The molecule has 0 bridgehead atoms. The summed E-state index contributed by atoms with van der Waals surface area (Å²) in [5, 5.41) is 0. The molecule has 2 heterocycles. The predicted molar refractivity (Wildman–Crippen MR) is 86.1 cm³/mol. The van der Waals surface area contributed by atoms with Crippen LogP contribution in [-0.4, -0.2) is 41.1 Å². The molecular weight excluding hydrogens is 314 g/mol. The van der Waals surface area contributed by atoms with Crippen molar-refractivity contribution >= 4 is 6.09 Å². The standard InChI is InChI=1S/C18H22F2N2O2/c1-18(2,3)24-17(23)22-10-13-8-21(9-14(13)11-22)7-12-4-5-15(19)6-16(12)20/h4-6,8,14H,7,9-11H2,1-3H3. The zero-order chi connectivity index (χ0) is 17.5. The van der Waals surface area contributed by atoms with Gasteiger partial charge in [-0.1, -0.05) is 6.07 Å². The fraction of sp³-hybridized carbons (Fsp3) is 0.500. The van der Waals surface area contributed by atoms with Crippen LogP contribution in [-0.2, 0) is 11.3 Å². The van der Waals surface area contributed by atoms with Gasteiger partial charge in [-0.15, -0.1) is 0 Å². The van der Waals surface area contributed by atoms with E-state index in [1.165, 1.54) is 12.1 Å². The molecule has 1 aromatic rings. The number of halogens is 2. The summed E-state index contributed by atoms with van der Waals surface area (Å²) in [6.07, 6.45) is 1.69. The SMILES string of the molecule is CC(C)(C)OC(=O)N1CC2=CN(Cc3ccc(F)cc3F)CC2C1. The summed E-state index contributed by atoms with van der Waals surface area (Å²) in [6, 6.07) is 3.65. The average molecular weight is 336 g/mol. The van der Waals surface area contributed by atoms with Crippen LogP contribution in [0.1, 0.15) is 26.3 Å². The molecule has 2 aliphatic heterocycles. The lowest BCUT2D eigenvalue weighted by Crippen LogP contribution is -2.36. The minimum absolute atomic E-state index is 0.251. The molecule has 1 fully saturated rings. The van der Waals surface area contributed by atoms with E-state index in [2.05, 4.69) is 0 Å². The molecule has 1 atom stereocenters. The third-order valence-electron chi connectivity index (χ3n) is 4.18. The lowest BCUT2D eigenvalue weighted by Gasteiger charge is -2.25. The molecule has 24 heavy (non-hydrogen) atoms. The molecule has 0 saturated carbocycles. The summed E-state index contributed by atoms with van der Waals surface area (Å²) in [4.78, 5) is 15.8. The van der Waals surface area contributed by atoms with E-state index >= 15 is 0 Å². The summed E-state index contributed by atoms with van der Waals surface area (Å²) in [5.41, 5.74) is 1.12. The minimum Gasteiger partial charge on any atom is -0.444 e. The van der Waals surface area contributed by atoms with Crippen LogP contribution in [0.2, 0.25) is 0 Å². The van der Waals surface area contributed by atoms with Crippen LogP contribution in [0.5, 0.6) is 0 Å². The Morgan fingerprint density at radius 2 is 2.04 bits per heavy atom. The van der Waals surface area contributed by atoms with Gasteiger partial charge in [-0.3, -0.25) is 0 Å². The van der Waals surface area contributed by atoms with Crippen molar-refractivity contribution < 1.29 is 18.3 Å². The molecule has 0 radical (unpaired) electrons. The maximum Gasteiger partial charge on any atom is 0.410 e. The maximum absolute atomic E-state index is 13.8. The van der Waals surface area contributed by atoms with Gasteiger partial charge in [-0.2, -0.15) is 0 Å². The van der Waals surface area contributed by atoms with Crippen LogP contribution >= 0.6 is 0 Å². The number of hydrogen-bond donors (Lipinski definition) is 0. The Morgan fingerprint density at radius 1 is 1.29 bits per heavy atom. The fourth-order valence-corrected chi connectivity index (χ4v) is 3.13. The van der Waals surface area contributed by atoms with Gasteiger partial charge in [0.05, 0.1) is 0 Å². The molecule has 1 amide bonds. The Bertz CT molecular complexity index is 682. The molecule has 0 aromatic heterocycles. The molecule has 0 spiro atoms. The van der Waals surface area contributed by atoms with E-state index in [4.69, 9.17) is 4.74 Å². The molecule has 4 nitrogen and oxygen atoms in total. The first-order chi connectivity index (χ1) is 11.2. The molecule has 3 rings (SSSR count). The van der Waals surface area contributed by atoms with Gasteiger partial charge >= 0.3 is 6.09 Å². The van der Waals surface area contributed by atoms with Gasteiger partial charge in [-0.05, 0) is 32.4 Å². The van der Waals surface area contributed by atoms with Crippen molar-refractivity contribution in [2.75, 3.05) is 19.6 Å². The Labute approximate surface area is 140 Å². The molecule has 1 unspecified atom stereocenters. The van der Waals surface area contributed by atoms with E-state index in [0.29, 0.717) is 25.2 Å². The van der Waals surface area contributed by atoms with E-state index in [1.54, 1.807) is 4.90 Å². The molecule has 6 heteroatoms. The van der Waals surface area contributed by atoms with Crippen LogP contribution < -0.4 is 0 Å². The normalized spacial score (nSPS) is 20.2. The number of benzene rings is 1. The third kappa shape index (κ3) is 3.68. The van der Waals surface area contributed by atoms with Crippen molar-refractivity contribution in [3.63, 3.8) is 0 Å². The number of carbonyl (C=O) groups excluding carboxylic acids is 1. The number of carbonyl (C=O) groups is 1. The molecule has 1 saturated heterocycles. The molecule has 2 aliphatic rings. The van der Waals surface area contributed by atoms with Gasteiger partial charge in [0, 0.05) is 49.9 Å². The lowest BCUT2D eigenvalue weighted by molar-refractivity contribution is 0.0286. The second-order valence-corrected chi connectivity index (χ2v) is 7.43. The van der Waals surface area contributed by atoms with E-state index in [1.807, 2.05) is 31.9 Å². The van der Waals surface area contributed by atoms with Crippen molar-refractivity contribution in [2.24, 2.45) is 5.92 Å². The van der Waals surface area contributed by atoms with Crippen molar-refractivity contribution in [3.8, 4) is 0 Å². The van der Waals surface area contributed by atoms with E-state index in [-0.39, 0.29) is 12.0 Å². The van der Waals surface area contributed by atoms with Crippen molar-refractivity contribution in [1.82, 2.24) is 9.80 Å². The van der Waals surface area contributed by atoms with Gasteiger partial charge < -0.3 is 14.5 Å². The Morgan fingerprint density at radius 3 is 2.67 bits per heavy atom. The van der Waals surface area contributed by atoms with Gasteiger partial charge in [0.25, 0.3) is 0 Å². The van der Waals surface area contributed by atoms with Gasteiger partial charge in [0.15, 0.2) is 0 Å². The second-order valence-electron chi connectivity index (χ2n) is 7.43. The zero-order valence-electron chi connectivity index (χ0n) is 14.2. The fourth-order valence-electron chi connectivity index (χ4n) is 3.13. The molecule has 1 aromatic carbocycles.